The normalized spacial score (nSPS) is 13.0. The third-order valence-electron chi connectivity index (χ3n) is 4.85. The molecule has 6 nitrogen and oxygen atoms in total. The fourth-order valence-corrected chi connectivity index (χ4v) is 3.18. The van der Waals surface area contributed by atoms with E-state index in [4.69, 9.17) is 4.98 Å². The maximum absolute atomic E-state index is 4.74. The monoisotopic (exact) mass is 348 g/mol. The lowest BCUT2D eigenvalue weighted by Gasteiger charge is -2.23. The largest absolute Gasteiger partial charge is 0.343 e. The van der Waals surface area contributed by atoms with Crippen LogP contribution in [0.4, 0.5) is 0 Å². The van der Waals surface area contributed by atoms with E-state index in [0.29, 0.717) is 0 Å². The maximum Gasteiger partial charge on any atom is 0.177 e. The van der Waals surface area contributed by atoms with Gasteiger partial charge in [0.25, 0.3) is 0 Å². The number of hydrogen-bond donors (Lipinski definition) is 2. The molecule has 0 radical (unpaired) electrons. The van der Waals surface area contributed by atoms with Crippen LogP contribution in [0.5, 0.6) is 0 Å². The number of aromatic amines is 2. The van der Waals surface area contributed by atoms with Crippen LogP contribution in [0.25, 0.3) is 22.2 Å². The number of fused-ring (bicyclic) bond motifs is 2. The van der Waals surface area contributed by atoms with Crippen LogP contribution in [0.3, 0.4) is 0 Å². The average Bonchev–Trinajstić information content (AvgIpc) is 3.17. The van der Waals surface area contributed by atoms with Crippen molar-refractivity contribution in [2.75, 3.05) is 0 Å². The second-order valence-electron chi connectivity index (χ2n) is 8.58. The predicted octanol–water partition coefficient (Wildman–Crippen LogP) is 4.05. The molecule has 0 fully saturated rings. The molecule has 0 saturated carbocycles. The highest BCUT2D eigenvalue weighted by molar-refractivity contribution is 5.74. The van der Waals surface area contributed by atoms with Crippen LogP contribution in [0.2, 0.25) is 0 Å². The topological polar surface area (TPSA) is 83.1 Å². The van der Waals surface area contributed by atoms with Gasteiger partial charge in [0.05, 0.1) is 23.6 Å². The number of nitrogens with zero attached hydrogens (tertiary/aromatic N) is 4. The number of H-pyrrole nitrogens is 2. The van der Waals surface area contributed by atoms with Gasteiger partial charge in [0.15, 0.2) is 5.65 Å². The van der Waals surface area contributed by atoms with E-state index in [2.05, 4.69) is 71.7 Å². The van der Waals surface area contributed by atoms with Crippen LogP contribution in [-0.2, 0) is 17.3 Å². The van der Waals surface area contributed by atoms with Crippen molar-refractivity contribution in [3.8, 4) is 0 Å². The average molecular weight is 348 g/mol. The molecule has 134 valence electrons. The molecule has 0 unspecified atom stereocenters. The summed E-state index contributed by atoms with van der Waals surface area (Å²) in [6, 6.07) is 4.23. The molecular weight excluding hydrogens is 324 g/mol. The summed E-state index contributed by atoms with van der Waals surface area (Å²) in [5.41, 5.74) is 5.78. The minimum Gasteiger partial charge on any atom is -0.343 e. The van der Waals surface area contributed by atoms with Crippen molar-refractivity contribution in [3.05, 3.63) is 47.9 Å². The summed E-state index contributed by atoms with van der Waals surface area (Å²) in [5.74, 6) is 0.961. The van der Waals surface area contributed by atoms with E-state index < -0.39 is 0 Å². The van der Waals surface area contributed by atoms with Crippen LogP contribution in [0.15, 0.2) is 30.9 Å². The van der Waals surface area contributed by atoms with Gasteiger partial charge in [-0.1, -0.05) is 34.6 Å². The van der Waals surface area contributed by atoms with E-state index in [9.17, 15) is 0 Å². The van der Waals surface area contributed by atoms with Crippen molar-refractivity contribution in [1.82, 2.24) is 29.9 Å². The Morgan fingerprint density at radius 3 is 2.50 bits per heavy atom. The van der Waals surface area contributed by atoms with Gasteiger partial charge in [0, 0.05) is 23.7 Å². The van der Waals surface area contributed by atoms with Crippen molar-refractivity contribution in [2.45, 2.75) is 51.9 Å². The van der Waals surface area contributed by atoms with Crippen LogP contribution < -0.4 is 0 Å². The molecule has 26 heavy (non-hydrogen) atoms. The fourth-order valence-electron chi connectivity index (χ4n) is 3.18. The van der Waals surface area contributed by atoms with Crippen LogP contribution in [0, 0.1) is 0 Å². The lowest BCUT2D eigenvalue weighted by atomic mass is 9.82. The first-order chi connectivity index (χ1) is 12.2. The smallest absolute Gasteiger partial charge is 0.177 e. The molecule has 0 aliphatic heterocycles. The number of aromatic nitrogens is 6. The Morgan fingerprint density at radius 1 is 0.923 bits per heavy atom. The molecule has 4 rings (SSSR count). The van der Waals surface area contributed by atoms with Crippen LogP contribution >= 0.6 is 0 Å². The summed E-state index contributed by atoms with van der Waals surface area (Å²) in [7, 11) is 0. The number of hydrogen-bond acceptors (Lipinski definition) is 4. The zero-order valence-electron chi connectivity index (χ0n) is 15.9. The van der Waals surface area contributed by atoms with Gasteiger partial charge in [0.2, 0.25) is 0 Å². The van der Waals surface area contributed by atoms with E-state index in [1.807, 2.05) is 12.4 Å². The van der Waals surface area contributed by atoms with E-state index in [1.165, 1.54) is 0 Å². The van der Waals surface area contributed by atoms with E-state index in [1.54, 1.807) is 6.33 Å². The third kappa shape index (κ3) is 2.96. The quantitative estimate of drug-likeness (QED) is 0.585. The Kier molecular flexibility index (Phi) is 3.61. The summed E-state index contributed by atoms with van der Waals surface area (Å²) >= 11 is 0. The molecule has 4 aromatic rings. The zero-order valence-corrected chi connectivity index (χ0v) is 15.9. The van der Waals surface area contributed by atoms with Crippen LogP contribution in [-0.4, -0.2) is 29.9 Å². The molecule has 0 spiro atoms. The predicted molar refractivity (Wildman–Crippen MR) is 103 cm³/mol. The Bertz CT molecular complexity index is 1080. The Balaban J connectivity index is 1.66. The first kappa shape index (κ1) is 16.7. The number of nitrogens with one attached hydrogen (secondary N) is 2. The van der Waals surface area contributed by atoms with Crippen molar-refractivity contribution in [1.29, 1.82) is 0 Å². The number of rotatable bonds is 3. The van der Waals surface area contributed by atoms with E-state index >= 15 is 0 Å². The summed E-state index contributed by atoms with van der Waals surface area (Å²) in [4.78, 5) is 24.6. The van der Waals surface area contributed by atoms with Gasteiger partial charge in [-0.3, -0.25) is 4.98 Å². The Labute approximate surface area is 152 Å². The third-order valence-corrected chi connectivity index (χ3v) is 4.85. The maximum atomic E-state index is 4.74. The first-order valence-electron chi connectivity index (χ1n) is 8.87. The van der Waals surface area contributed by atoms with Crippen molar-refractivity contribution >= 4 is 22.2 Å². The molecule has 0 saturated heterocycles. The minimum absolute atomic E-state index is 0.0177. The second-order valence-corrected chi connectivity index (χ2v) is 8.58. The zero-order chi connectivity index (χ0) is 18.5. The second kappa shape index (κ2) is 5.62. The van der Waals surface area contributed by atoms with E-state index in [-0.39, 0.29) is 10.8 Å². The van der Waals surface area contributed by atoms with Crippen molar-refractivity contribution in [2.24, 2.45) is 0 Å². The van der Waals surface area contributed by atoms with Gasteiger partial charge < -0.3 is 9.97 Å². The van der Waals surface area contributed by atoms with E-state index in [0.717, 1.165) is 45.7 Å². The van der Waals surface area contributed by atoms with Gasteiger partial charge in [-0.15, -0.1) is 0 Å². The SMILES string of the molecule is CC(C)(C)c1cc2[nH]c(CC(C)(C)c3cnc4nc[nH]c4c3)nc2cn1. The molecule has 6 heteroatoms. The minimum atomic E-state index is -0.111. The highest BCUT2D eigenvalue weighted by Gasteiger charge is 2.24. The van der Waals surface area contributed by atoms with Crippen LogP contribution in [0.1, 0.15) is 51.7 Å². The van der Waals surface area contributed by atoms with Gasteiger partial charge >= 0.3 is 0 Å². The van der Waals surface area contributed by atoms with Gasteiger partial charge in [-0.05, 0) is 23.1 Å². The summed E-state index contributed by atoms with van der Waals surface area (Å²) in [6.45, 7) is 10.9. The molecular formula is C20H24N6. The van der Waals surface area contributed by atoms with Gasteiger partial charge in [0.1, 0.15) is 11.3 Å². The highest BCUT2D eigenvalue weighted by atomic mass is 15.0. The summed E-state index contributed by atoms with van der Waals surface area (Å²) in [5, 5.41) is 0. The van der Waals surface area contributed by atoms with Gasteiger partial charge in [-0.2, -0.15) is 0 Å². The molecule has 0 aliphatic rings. The summed E-state index contributed by atoms with van der Waals surface area (Å²) < 4.78 is 0. The molecule has 0 aromatic carbocycles. The first-order valence-corrected chi connectivity index (χ1v) is 8.87. The van der Waals surface area contributed by atoms with Crippen molar-refractivity contribution < 1.29 is 0 Å². The lowest BCUT2D eigenvalue weighted by Crippen LogP contribution is -2.21. The molecule has 0 bridgehead atoms. The molecule has 0 amide bonds. The van der Waals surface area contributed by atoms with Gasteiger partial charge in [-0.25, -0.2) is 15.0 Å². The molecule has 4 aromatic heterocycles. The lowest BCUT2D eigenvalue weighted by molar-refractivity contribution is 0.509. The summed E-state index contributed by atoms with van der Waals surface area (Å²) in [6.07, 6.45) is 6.23. The molecule has 0 atom stereocenters. The fraction of sp³-hybridized carbons (Fsp3) is 0.400. The number of imidazole rings is 2. The Morgan fingerprint density at radius 2 is 1.73 bits per heavy atom. The molecule has 4 heterocycles. The Hall–Kier alpha value is -2.76. The number of pyridine rings is 2. The van der Waals surface area contributed by atoms with Crippen molar-refractivity contribution in [3.63, 3.8) is 0 Å². The molecule has 2 N–H and O–H groups in total. The standard InChI is InChI=1S/C20H24N6/c1-19(2,3)16-7-13-15(10-21-16)26-17(25-13)8-20(4,5)12-6-14-18(22-9-12)24-11-23-14/h6-7,9-11H,8H2,1-5H3,(H,25,26)(H,22,23,24). The highest BCUT2D eigenvalue weighted by Crippen LogP contribution is 2.29. The molecule has 0 aliphatic carbocycles.